The SMILES string of the molecule is c1ccc(-c2cc(-c3sc(-c4ccccc4-c4ccccc4)c4ccccc34)c(-c3ccccc3)s2)cc1. The van der Waals surface area contributed by atoms with Crippen LogP contribution in [0.25, 0.3) is 63.7 Å². The molecule has 0 N–H and O–H groups in total. The van der Waals surface area contributed by atoms with E-state index in [2.05, 4.69) is 146 Å². The maximum atomic E-state index is 2.40. The van der Waals surface area contributed by atoms with E-state index in [-0.39, 0.29) is 0 Å². The van der Waals surface area contributed by atoms with Gasteiger partial charge in [-0.3, -0.25) is 0 Å². The molecule has 0 aliphatic heterocycles. The second-order valence-corrected chi connectivity index (χ2v) is 11.4. The van der Waals surface area contributed by atoms with Gasteiger partial charge >= 0.3 is 0 Å². The molecular formula is C36H24S2. The topological polar surface area (TPSA) is 0 Å². The maximum Gasteiger partial charge on any atom is 0.0442 e. The fraction of sp³-hybridized carbons (Fsp3) is 0. The van der Waals surface area contributed by atoms with Gasteiger partial charge in [-0.15, -0.1) is 22.7 Å². The zero-order chi connectivity index (χ0) is 25.3. The van der Waals surface area contributed by atoms with Crippen LogP contribution in [0.15, 0.2) is 146 Å². The molecule has 38 heavy (non-hydrogen) atoms. The molecule has 0 nitrogen and oxygen atoms in total. The average Bonchev–Trinajstić information content (AvgIpc) is 3.61. The van der Waals surface area contributed by atoms with Crippen molar-refractivity contribution in [2.24, 2.45) is 0 Å². The Labute approximate surface area is 231 Å². The summed E-state index contributed by atoms with van der Waals surface area (Å²) < 4.78 is 0. The molecule has 0 atom stereocenters. The smallest absolute Gasteiger partial charge is 0.0442 e. The number of thiophene rings is 2. The number of rotatable bonds is 5. The third-order valence-corrected chi connectivity index (χ3v) is 9.47. The number of benzene rings is 5. The summed E-state index contributed by atoms with van der Waals surface area (Å²) in [6.07, 6.45) is 0. The highest BCUT2D eigenvalue weighted by Crippen LogP contribution is 2.51. The van der Waals surface area contributed by atoms with Crippen LogP contribution in [-0.4, -0.2) is 0 Å². The molecule has 2 heteroatoms. The summed E-state index contributed by atoms with van der Waals surface area (Å²) >= 11 is 3.79. The van der Waals surface area contributed by atoms with E-state index in [0.717, 1.165) is 0 Å². The Morgan fingerprint density at radius 2 is 0.789 bits per heavy atom. The van der Waals surface area contributed by atoms with E-state index < -0.39 is 0 Å². The number of hydrogen-bond acceptors (Lipinski definition) is 2. The zero-order valence-corrected chi connectivity index (χ0v) is 22.3. The second-order valence-electron chi connectivity index (χ2n) is 9.30. The highest BCUT2D eigenvalue weighted by atomic mass is 32.1. The van der Waals surface area contributed by atoms with Crippen LogP contribution < -0.4 is 0 Å². The van der Waals surface area contributed by atoms with Crippen LogP contribution in [0.1, 0.15) is 0 Å². The molecular weight excluding hydrogens is 497 g/mol. The quantitative estimate of drug-likeness (QED) is 0.212. The Balaban J connectivity index is 1.49. The highest BCUT2D eigenvalue weighted by Gasteiger charge is 2.21. The summed E-state index contributed by atoms with van der Waals surface area (Å²) in [6, 6.07) is 52.4. The van der Waals surface area contributed by atoms with E-state index in [1.165, 1.54) is 63.7 Å². The van der Waals surface area contributed by atoms with Gasteiger partial charge in [0.05, 0.1) is 0 Å². The molecule has 0 spiro atoms. The summed E-state index contributed by atoms with van der Waals surface area (Å²) in [5.41, 5.74) is 7.63. The van der Waals surface area contributed by atoms with Crippen molar-refractivity contribution < 1.29 is 0 Å². The molecule has 2 aromatic heterocycles. The van der Waals surface area contributed by atoms with Crippen LogP contribution in [0, 0.1) is 0 Å². The Morgan fingerprint density at radius 1 is 0.316 bits per heavy atom. The van der Waals surface area contributed by atoms with Crippen LogP contribution in [-0.2, 0) is 0 Å². The molecule has 0 unspecified atom stereocenters. The fourth-order valence-electron chi connectivity index (χ4n) is 5.15. The molecule has 0 bridgehead atoms. The average molecular weight is 521 g/mol. The Bertz CT molecular complexity index is 1840. The van der Waals surface area contributed by atoms with Gasteiger partial charge in [0.25, 0.3) is 0 Å². The first kappa shape index (κ1) is 22.9. The van der Waals surface area contributed by atoms with E-state index in [4.69, 9.17) is 0 Å². The van der Waals surface area contributed by atoms with Crippen LogP contribution >= 0.6 is 22.7 Å². The second kappa shape index (κ2) is 9.90. The monoisotopic (exact) mass is 520 g/mol. The van der Waals surface area contributed by atoms with Gasteiger partial charge in [0.1, 0.15) is 0 Å². The molecule has 0 aliphatic carbocycles. The van der Waals surface area contributed by atoms with Gasteiger partial charge in [0.15, 0.2) is 0 Å². The Hall–Kier alpha value is -4.24. The van der Waals surface area contributed by atoms with Crippen molar-refractivity contribution in [3.05, 3.63) is 146 Å². The van der Waals surface area contributed by atoms with Crippen LogP contribution in [0.5, 0.6) is 0 Å². The van der Waals surface area contributed by atoms with Crippen LogP contribution in [0.2, 0.25) is 0 Å². The molecule has 7 aromatic rings. The number of fused-ring (bicyclic) bond motifs is 1. The first-order valence-corrected chi connectivity index (χ1v) is 14.4. The minimum absolute atomic E-state index is 1.24. The highest BCUT2D eigenvalue weighted by molar-refractivity contribution is 7.23. The van der Waals surface area contributed by atoms with E-state index in [1.807, 2.05) is 22.7 Å². The van der Waals surface area contributed by atoms with Gasteiger partial charge in [-0.05, 0) is 28.3 Å². The molecule has 0 aliphatic rings. The minimum atomic E-state index is 1.24. The summed E-state index contributed by atoms with van der Waals surface area (Å²) in [5, 5.41) is 2.62. The number of hydrogen-bond donors (Lipinski definition) is 0. The molecule has 7 rings (SSSR count). The molecule has 0 radical (unpaired) electrons. The summed E-state index contributed by atoms with van der Waals surface area (Å²) in [7, 11) is 0. The van der Waals surface area contributed by atoms with E-state index in [1.54, 1.807) is 0 Å². The fourth-order valence-corrected chi connectivity index (χ4v) is 7.73. The predicted octanol–water partition coefficient (Wildman–Crippen LogP) is 11.3. The van der Waals surface area contributed by atoms with Crippen molar-refractivity contribution in [2.75, 3.05) is 0 Å². The van der Waals surface area contributed by atoms with Crippen molar-refractivity contribution in [1.29, 1.82) is 0 Å². The lowest BCUT2D eigenvalue weighted by Gasteiger charge is -2.09. The molecule has 0 saturated carbocycles. The van der Waals surface area contributed by atoms with Crippen molar-refractivity contribution in [3.63, 3.8) is 0 Å². The van der Waals surface area contributed by atoms with Gasteiger partial charge in [-0.2, -0.15) is 0 Å². The van der Waals surface area contributed by atoms with E-state index in [9.17, 15) is 0 Å². The van der Waals surface area contributed by atoms with Crippen molar-refractivity contribution in [3.8, 4) is 52.9 Å². The lowest BCUT2D eigenvalue weighted by Crippen LogP contribution is -1.82. The predicted molar refractivity (Wildman–Crippen MR) is 167 cm³/mol. The molecule has 0 saturated heterocycles. The lowest BCUT2D eigenvalue weighted by atomic mass is 9.96. The van der Waals surface area contributed by atoms with Crippen molar-refractivity contribution in [2.45, 2.75) is 0 Å². The molecule has 5 aromatic carbocycles. The largest absolute Gasteiger partial charge is 0.135 e. The summed E-state index contributed by atoms with van der Waals surface area (Å²) in [6.45, 7) is 0. The molecule has 0 amide bonds. The molecule has 0 fully saturated rings. The first-order valence-electron chi connectivity index (χ1n) is 12.8. The Kier molecular flexibility index (Phi) is 5.97. The third-order valence-electron chi connectivity index (χ3n) is 6.95. The molecule has 180 valence electrons. The first-order chi connectivity index (χ1) is 18.9. The van der Waals surface area contributed by atoms with E-state index in [0.29, 0.717) is 0 Å². The minimum Gasteiger partial charge on any atom is -0.135 e. The lowest BCUT2D eigenvalue weighted by molar-refractivity contribution is 1.62. The third kappa shape index (κ3) is 4.09. The Morgan fingerprint density at radius 3 is 1.42 bits per heavy atom. The van der Waals surface area contributed by atoms with Gasteiger partial charge in [0, 0.05) is 41.4 Å². The van der Waals surface area contributed by atoms with Crippen molar-refractivity contribution in [1.82, 2.24) is 0 Å². The van der Waals surface area contributed by atoms with Crippen molar-refractivity contribution >= 4 is 33.4 Å². The molecule has 2 heterocycles. The summed E-state index contributed by atoms with van der Waals surface area (Å²) in [4.78, 5) is 5.26. The van der Waals surface area contributed by atoms with Gasteiger partial charge < -0.3 is 0 Å². The van der Waals surface area contributed by atoms with Gasteiger partial charge in [-0.25, -0.2) is 0 Å². The zero-order valence-electron chi connectivity index (χ0n) is 20.7. The maximum absolute atomic E-state index is 2.40. The van der Waals surface area contributed by atoms with Crippen LogP contribution in [0.3, 0.4) is 0 Å². The normalized spacial score (nSPS) is 11.2. The van der Waals surface area contributed by atoms with Gasteiger partial charge in [0.2, 0.25) is 0 Å². The standard InChI is InChI=1S/C36H24S2/c1-4-14-25(15-5-1)28-20-10-11-21-29(28)35-30-22-12-13-23-31(30)36(38-35)32-24-33(26-16-6-2-7-17-26)37-34(32)27-18-8-3-9-19-27/h1-24H. The van der Waals surface area contributed by atoms with Gasteiger partial charge in [-0.1, -0.05) is 140 Å². The van der Waals surface area contributed by atoms with Crippen LogP contribution in [0.4, 0.5) is 0 Å². The van der Waals surface area contributed by atoms with E-state index >= 15 is 0 Å². The summed E-state index contributed by atoms with van der Waals surface area (Å²) in [5.74, 6) is 0.